The topological polar surface area (TPSA) is 223 Å². The van der Waals surface area contributed by atoms with Crippen molar-refractivity contribution in [1.82, 2.24) is 16.0 Å². The fourth-order valence-corrected chi connectivity index (χ4v) is 2.68. The number of hydrogen-bond acceptors (Lipinski definition) is 8. The van der Waals surface area contributed by atoms with E-state index in [2.05, 4.69) is 16.0 Å². The molecule has 0 spiro atoms. The molecule has 0 bridgehead atoms. The lowest BCUT2D eigenvalue weighted by atomic mass is 10.0. The van der Waals surface area contributed by atoms with Gasteiger partial charge in [-0.15, -0.1) is 0 Å². The molecule has 0 saturated carbocycles. The van der Waals surface area contributed by atoms with Crippen LogP contribution in [0.2, 0.25) is 0 Å². The summed E-state index contributed by atoms with van der Waals surface area (Å²) in [7, 11) is 0. The minimum atomic E-state index is -1.31. The first-order valence-corrected chi connectivity index (χ1v) is 10.1. The van der Waals surface area contributed by atoms with Crippen molar-refractivity contribution in [2.45, 2.75) is 69.7 Å². The van der Waals surface area contributed by atoms with Crippen molar-refractivity contribution >= 4 is 23.7 Å². The lowest BCUT2D eigenvalue weighted by molar-refractivity contribution is -0.142. The zero-order valence-corrected chi connectivity index (χ0v) is 17.4. The number of aliphatic hydroxyl groups is 1. The summed E-state index contributed by atoms with van der Waals surface area (Å²) in [5.41, 5.74) is 16.1. The maximum absolute atomic E-state index is 12.7. The summed E-state index contributed by atoms with van der Waals surface area (Å²) in [6, 6.07) is -3.50. The number of aliphatic carboxylic acids is 1. The van der Waals surface area contributed by atoms with Crippen LogP contribution in [-0.2, 0) is 19.2 Å². The summed E-state index contributed by atoms with van der Waals surface area (Å²) in [6.07, 6.45) is 1.42. The Labute approximate surface area is 176 Å². The van der Waals surface area contributed by atoms with Crippen LogP contribution in [0.5, 0.6) is 0 Å². The van der Waals surface area contributed by atoms with E-state index in [0.717, 1.165) is 0 Å². The summed E-state index contributed by atoms with van der Waals surface area (Å²) in [5, 5.41) is 26.4. The third-order valence-electron chi connectivity index (χ3n) is 4.41. The molecule has 0 aliphatic heterocycles. The molecule has 0 radical (unpaired) electrons. The van der Waals surface area contributed by atoms with Gasteiger partial charge in [0.05, 0.1) is 12.6 Å². The highest BCUT2D eigenvalue weighted by Crippen LogP contribution is 2.06. The van der Waals surface area contributed by atoms with Crippen LogP contribution in [0.15, 0.2) is 0 Å². The van der Waals surface area contributed by atoms with E-state index in [-0.39, 0.29) is 19.4 Å². The standard InChI is InChI=1S/C18H36N6O6/c1-11(25)15(24-14(26)10-21)17(28)22-12(6-2-4-8-19)16(27)23-13(18(29)30)7-3-5-9-20/h11-13,15,25H,2-10,19-21H2,1H3,(H,22,28)(H,23,27)(H,24,26)(H,29,30). The smallest absolute Gasteiger partial charge is 0.326 e. The lowest BCUT2D eigenvalue weighted by Gasteiger charge is -2.25. The molecule has 11 N–H and O–H groups in total. The average Bonchev–Trinajstić information content (AvgIpc) is 2.69. The Hall–Kier alpha value is -2.28. The fraction of sp³-hybridized carbons (Fsp3) is 0.778. The molecular weight excluding hydrogens is 396 g/mol. The van der Waals surface area contributed by atoms with Gasteiger partial charge >= 0.3 is 5.97 Å². The Morgan fingerprint density at radius 3 is 1.73 bits per heavy atom. The van der Waals surface area contributed by atoms with E-state index in [4.69, 9.17) is 17.2 Å². The number of carboxylic acid groups (broad SMARTS) is 1. The van der Waals surface area contributed by atoms with Crippen LogP contribution >= 0.6 is 0 Å². The highest BCUT2D eigenvalue weighted by molar-refractivity contribution is 5.93. The van der Waals surface area contributed by atoms with Crippen molar-refractivity contribution in [3.63, 3.8) is 0 Å². The monoisotopic (exact) mass is 432 g/mol. The Kier molecular flexibility index (Phi) is 14.4. The third kappa shape index (κ3) is 11.0. The first-order valence-electron chi connectivity index (χ1n) is 10.1. The molecule has 0 saturated heterocycles. The molecule has 0 aliphatic carbocycles. The summed E-state index contributed by atoms with van der Waals surface area (Å²) in [4.78, 5) is 48.2. The van der Waals surface area contributed by atoms with Gasteiger partial charge in [0.25, 0.3) is 0 Å². The summed E-state index contributed by atoms with van der Waals surface area (Å²) < 4.78 is 0. The first-order chi connectivity index (χ1) is 14.2. The molecule has 0 rings (SSSR count). The maximum atomic E-state index is 12.7. The molecular formula is C18H36N6O6. The van der Waals surface area contributed by atoms with E-state index in [1.165, 1.54) is 6.92 Å². The molecule has 0 heterocycles. The Morgan fingerprint density at radius 1 is 0.800 bits per heavy atom. The number of hydrogen-bond donors (Lipinski definition) is 8. The van der Waals surface area contributed by atoms with Crippen LogP contribution in [0.1, 0.15) is 45.4 Å². The van der Waals surface area contributed by atoms with Gasteiger partial charge in [-0.1, -0.05) is 0 Å². The average molecular weight is 433 g/mol. The van der Waals surface area contributed by atoms with Crippen LogP contribution in [-0.4, -0.2) is 77.8 Å². The van der Waals surface area contributed by atoms with Gasteiger partial charge in [0, 0.05) is 0 Å². The van der Waals surface area contributed by atoms with E-state index in [9.17, 15) is 29.4 Å². The molecule has 30 heavy (non-hydrogen) atoms. The van der Waals surface area contributed by atoms with Crippen molar-refractivity contribution in [2.75, 3.05) is 19.6 Å². The zero-order valence-electron chi connectivity index (χ0n) is 17.4. The lowest BCUT2D eigenvalue weighted by Crippen LogP contribution is -2.58. The van der Waals surface area contributed by atoms with E-state index >= 15 is 0 Å². The minimum Gasteiger partial charge on any atom is -0.480 e. The molecule has 0 aromatic heterocycles. The van der Waals surface area contributed by atoms with E-state index < -0.39 is 47.9 Å². The number of aliphatic hydroxyl groups excluding tert-OH is 1. The van der Waals surface area contributed by atoms with Gasteiger partial charge in [-0.3, -0.25) is 14.4 Å². The molecule has 12 nitrogen and oxygen atoms in total. The summed E-state index contributed by atoms with van der Waals surface area (Å²) >= 11 is 0. The third-order valence-corrected chi connectivity index (χ3v) is 4.41. The predicted octanol–water partition coefficient (Wildman–Crippen LogP) is -2.88. The molecule has 4 atom stereocenters. The molecule has 12 heteroatoms. The first kappa shape index (κ1) is 27.7. The molecule has 4 unspecified atom stereocenters. The zero-order chi connectivity index (χ0) is 23.1. The maximum Gasteiger partial charge on any atom is 0.326 e. The predicted molar refractivity (Wildman–Crippen MR) is 110 cm³/mol. The van der Waals surface area contributed by atoms with Crippen molar-refractivity contribution in [3.8, 4) is 0 Å². The van der Waals surface area contributed by atoms with Crippen LogP contribution in [0.3, 0.4) is 0 Å². The highest BCUT2D eigenvalue weighted by atomic mass is 16.4. The molecule has 0 aromatic rings. The number of nitrogens with two attached hydrogens (primary N) is 3. The number of rotatable bonds is 16. The number of amides is 3. The number of carbonyl (C=O) groups excluding carboxylic acids is 3. The van der Waals surface area contributed by atoms with Crippen molar-refractivity contribution in [1.29, 1.82) is 0 Å². The van der Waals surface area contributed by atoms with Crippen molar-refractivity contribution in [2.24, 2.45) is 17.2 Å². The summed E-state index contributed by atoms with van der Waals surface area (Å²) in [6.45, 7) is 1.73. The van der Waals surface area contributed by atoms with Gasteiger partial charge < -0.3 is 43.4 Å². The SMILES string of the molecule is CC(O)C(NC(=O)CN)C(=O)NC(CCCCN)C(=O)NC(CCCCN)C(=O)O. The Balaban J connectivity index is 5.25. The fourth-order valence-electron chi connectivity index (χ4n) is 2.68. The largest absolute Gasteiger partial charge is 0.480 e. The van der Waals surface area contributed by atoms with E-state index in [0.29, 0.717) is 38.8 Å². The second kappa shape index (κ2) is 15.5. The molecule has 3 amide bonds. The molecule has 174 valence electrons. The van der Waals surface area contributed by atoms with Gasteiger partial charge in [0.1, 0.15) is 18.1 Å². The van der Waals surface area contributed by atoms with E-state index in [1.54, 1.807) is 0 Å². The molecule has 0 aliphatic rings. The van der Waals surface area contributed by atoms with Gasteiger partial charge in [0.15, 0.2) is 0 Å². The van der Waals surface area contributed by atoms with Crippen LogP contribution in [0.25, 0.3) is 0 Å². The van der Waals surface area contributed by atoms with Gasteiger partial charge in [-0.05, 0) is 58.5 Å². The molecule has 0 aromatic carbocycles. The van der Waals surface area contributed by atoms with Crippen LogP contribution < -0.4 is 33.2 Å². The van der Waals surface area contributed by atoms with Crippen LogP contribution in [0, 0.1) is 0 Å². The Morgan fingerprint density at radius 2 is 1.30 bits per heavy atom. The second-order valence-electron chi connectivity index (χ2n) is 7.02. The number of carboxylic acids is 1. The van der Waals surface area contributed by atoms with Gasteiger partial charge in [0.2, 0.25) is 17.7 Å². The summed E-state index contributed by atoms with van der Waals surface area (Å²) in [5.74, 6) is -3.29. The van der Waals surface area contributed by atoms with Crippen molar-refractivity contribution < 1.29 is 29.4 Å². The second-order valence-corrected chi connectivity index (χ2v) is 7.02. The van der Waals surface area contributed by atoms with Gasteiger partial charge in [-0.25, -0.2) is 4.79 Å². The highest BCUT2D eigenvalue weighted by Gasteiger charge is 2.31. The Bertz CT molecular complexity index is 559. The van der Waals surface area contributed by atoms with Crippen LogP contribution in [0.4, 0.5) is 0 Å². The molecule has 0 fully saturated rings. The normalized spacial score (nSPS) is 14.8. The number of carbonyl (C=O) groups is 4. The number of unbranched alkanes of at least 4 members (excludes halogenated alkanes) is 2. The van der Waals surface area contributed by atoms with Crippen molar-refractivity contribution in [3.05, 3.63) is 0 Å². The minimum absolute atomic E-state index is 0.199. The quantitative estimate of drug-likeness (QED) is 0.117. The number of nitrogens with one attached hydrogen (secondary N) is 3. The van der Waals surface area contributed by atoms with E-state index in [1.807, 2.05) is 0 Å². The van der Waals surface area contributed by atoms with Gasteiger partial charge in [-0.2, -0.15) is 0 Å².